The van der Waals surface area contributed by atoms with E-state index in [9.17, 15) is 29.1 Å². The molecule has 4 unspecified atom stereocenters. The van der Waals surface area contributed by atoms with Crippen molar-refractivity contribution in [1.82, 2.24) is 20.9 Å². The molecule has 12 heteroatoms. The summed E-state index contributed by atoms with van der Waals surface area (Å²) in [6, 6.07) is 2.94. The fourth-order valence-electron chi connectivity index (χ4n) is 4.16. The molecular formula is C27H39N5O7. The summed E-state index contributed by atoms with van der Waals surface area (Å²) in [5.41, 5.74) is 7.39. The number of rotatable bonds is 15. The van der Waals surface area contributed by atoms with Gasteiger partial charge in [0.15, 0.2) is 0 Å². The summed E-state index contributed by atoms with van der Waals surface area (Å²) in [6.45, 7) is 7.03. The van der Waals surface area contributed by atoms with Gasteiger partial charge in [0, 0.05) is 29.9 Å². The minimum Gasteiger partial charge on any atom is -0.481 e. The lowest BCUT2D eigenvalue weighted by Crippen LogP contribution is -2.58. The molecule has 0 spiro atoms. The molecule has 0 fully saturated rings. The molecule has 0 aliphatic heterocycles. The van der Waals surface area contributed by atoms with Crippen LogP contribution in [0.25, 0.3) is 10.9 Å². The van der Waals surface area contributed by atoms with Crippen LogP contribution in [0.3, 0.4) is 0 Å². The lowest BCUT2D eigenvalue weighted by atomic mass is 9.99. The van der Waals surface area contributed by atoms with Gasteiger partial charge in [-0.2, -0.15) is 0 Å². The Morgan fingerprint density at radius 1 is 0.897 bits per heavy atom. The van der Waals surface area contributed by atoms with Crippen LogP contribution in [-0.2, 0) is 30.4 Å². The fraction of sp³-hybridized carbons (Fsp3) is 0.519. The summed E-state index contributed by atoms with van der Waals surface area (Å²) in [5, 5.41) is 27.1. The number of hydrogen-bond donors (Lipinski definition) is 7. The van der Waals surface area contributed by atoms with E-state index in [-0.39, 0.29) is 31.6 Å². The summed E-state index contributed by atoms with van der Waals surface area (Å²) in [5.74, 6) is -4.72. The van der Waals surface area contributed by atoms with Crippen LogP contribution in [0.4, 0.5) is 0 Å². The van der Waals surface area contributed by atoms with Crippen LogP contribution in [0.2, 0.25) is 0 Å². The van der Waals surface area contributed by atoms with Gasteiger partial charge in [-0.1, -0.05) is 45.9 Å². The zero-order valence-corrected chi connectivity index (χ0v) is 22.7. The maximum Gasteiger partial charge on any atom is 0.326 e. The van der Waals surface area contributed by atoms with E-state index in [2.05, 4.69) is 20.9 Å². The predicted octanol–water partition coefficient (Wildman–Crippen LogP) is 1.14. The molecule has 39 heavy (non-hydrogen) atoms. The van der Waals surface area contributed by atoms with E-state index in [4.69, 9.17) is 10.8 Å². The lowest BCUT2D eigenvalue weighted by molar-refractivity contribution is -0.143. The minimum absolute atomic E-state index is 0.0190. The number of nitrogens with one attached hydrogen (secondary N) is 4. The van der Waals surface area contributed by atoms with Crippen LogP contribution in [0.15, 0.2) is 30.5 Å². The molecule has 2 aromatic rings. The molecule has 0 saturated heterocycles. The Labute approximate surface area is 227 Å². The number of fused-ring (bicyclic) bond motifs is 1. The zero-order chi connectivity index (χ0) is 29.3. The van der Waals surface area contributed by atoms with Crippen molar-refractivity contribution in [3.63, 3.8) is 0 Å². The smallest absolute Gasteiger partial charge is 0.326 e. The normalized spacial score (nSPS) is 14.4. The maximum absolute atomic E-state index is 13.4. The summed E-state index contributed by atoms with van der Waals surface area (Å²) in [4.78, 5) is 65.0. The standard InChI is InChI=1S/C27H39N5O7/c1-14(2)11-20(30-24(35)18(28)9-10-22(33)34)25(36)31-21(26(37)32-23(15(3)4)27(38)39)12-16-13-29-19-8-6-5-7-17(16)19/h5-8,13-15,18,20-21,23,29H,9-12,28H2,1-4H3,(H,30,35)(H,31,36)(H,32,37)(H,33,34)(H,38,39). The molecule has 8 N–H and O–H groups in total. The van der Waals surface area contributed by atoms with Crippen molar-refractivity contribution in [2.45, 2.75) is 77.5 Å². The molecule has 2 rings (SSSR count). The van der Waals surface area contributed by atoms with Gasteiger partial charge in [0.05, 0.1) is 6.04 Å². The van der Waals surface area contributed by atoms with Gasteiger partial charge < -0.3 is 36.9 Å². The number of amides is 3. The van der Waals surface area contributed by atoms with E-state index in [1.165, 1.54) is 0 Å². The van der Waals surface area contributed by atoms with Gasteiger partial charge in [-0.25, -0.2) is 4.79 Å². The van der Waals surface area contributed by atoms with Gasteiger partial charge in [-0.05, 0) is 36.3 Å². The number of hydrogen-bond acceptors (Lipinski definition) is 6. The molecule has 0 saturated carbocycles. The Bertz CT molecular complexity index is 1180. The van der Waals surface area contributed by atoms with Crippen molar-refractivity contribution in [1.29, 1.82) is 0 Å². The van der Waals surface area contributed by atoms with E-state index < -0.39 is 59.7 Å². The molecule has 0 bridgehead atoms. The summed E-state index contributed by atoms with van der Waals surface area (Å²) in [6.07, 6.45) is 1.61. The Morgan fingerprint density at radius 3 is 2.10 bits per heavy atom. The highest BCUT2D eigenvalue weighted by Gasteiger charge is 2.32. The highest BCUT2D eigenvalue weighted by Crippen LogP contribution is 2.20. The van der Waals surface area contributed by atoms with Crippen LogP contribution in [0, 0.1) is 11.8 Å². The number of aromatic nitrogens is 1. The number of carbonyl (C=O) groups is 5. The lowest BCUT2D eigenvalue weighted by Gasteiger charge is -2.26. The second-order valence-electron chi connectivity index (χ2n) is 10.4. The van der Waals surface area contributed by atoms with Gasteiger partial charge in [-0.15, -0.1) is 0 Å². The van der Waals surface area contributed by atoms with Gasteiger partial charge in [0.2, 0.25) is 17.7 Å². The van der Waals surface area contributed by atoms with Crippen LogP contribution >= 0.6 is 0 Å². The van der Waals surface area contributed by atoms with Crippen LogP contribution in [0.1, 0.15) is 52.5 Å². The Balaban J connectivity index is 2.30. The molecule has 1 heterocycles. The third-order valence-electron chi connectivity index (χ3n) is 6.31. The number of aliphatic carboxylic acids is 2. The van der Waals surface area contributed by atoms with Crippen LogP contribution < -0.4 is 21.7 Å². The van der Waals surface area contributed by atoms with E-state index in [1.54, 1.807) is 20.0 Å². The molecular weight excluding hydrogens is 506 g/mol. The van der Waals surface area contributed by atoms with Gasteiger partial charge in [0.1, 0.15) is 18.1 Å². The summed E-state index contributed by atoms with van der Waals surface area (Å²) >= 11 is 0. The first-order chi connectivity index (χ1) is 18.3. The van der Waals surface area contributed by atoms with Crippen molar-refractivity contribution < 1.29 is 34.2 Å². The number of H-pyrrole nitrogens is 1. The fourth-order valence-corrected chi connectivity index (χ4v) is 4.16. The van der Waals surface area contributed by atoms with E-state index in [0.29, 0.717) is 0 Å². The first kappa shape index (κ1) is 31.3. The number of carbonyl (C=O) groups excluding carboxylic acids is 3. The molecule has 4 atom stereocenters. The third kappa shape index (κ3) is 9.40. The Hall–Kier alpha value is -3.93. The predicted molar refractivity (Wildman–Crippen MR) is 145 cm³/mol. The largest absolute Gasteiger partial charge is 0.481 e. The number of carboxylic acids is 2. The molecule has 3 amide bonds. The molecule has 0 aliphatic carbocycles. The third-order valence-corrected chi connectivity index (χ3v) is 6.31. The maximum atomic E-state index is 13.4. The SMILES string of the molecule is CC(C)CC(NC(=O)C(N)CCC(=O)O)C(=O)NC(Cc1c[nH]c2ccccc12)C(=O)NC(C(=O)O)C(C)C. The first-order valence-corrected chi connectivity index (χ1v) is 13.0. The zero-order valence-electron chi connectivity index (χ0n) is 22.7. The number of para-hydroxylation sites is 1. The molecule has 1 aromatic heterocycles. The monoisotopic (exact) mass is 545 g/mol. The quantitative estimate of drug-likeness (QED) is 0.172. The Morgan fingerprint density at radius 2 is 1.51 bits per heavy atom. The summed E-state index contributed by atoms with van der Waals surface area (Å²) in [7, 11) is 0. The average molecular weight is 546 g/mol. The number of aromatic amines is 1. The number of carboxylic acid groups (broad SMARTS) is 2. The average Bonchev–Trinajstić information content (AvgIpc) is 3.26. The van der Waals surface area contributed by atoms with Gasteiger partial charge in [0.25, 0.3) is 0 Å². The minimum atomic E-state index is -1.20. The second kappa shape index (κ2) is 14.3. The number of nitrogens with two attached hydrogens (primary N) is 1. The van der Waals surface area contributed by atoms with Gasteiger partial charge in [-0.3, -0.25) is 19.2 Å². The molecule has 12 nitrogen and oxygen atoms in total. The van der Waals surface area contributed by atoms with Crippen molar-refractivity contribution in [2.24, 2.45) is 17.6 Å². The first-order valence-electron chi connectivity index (χ1n) is 13.0. The van der Waals surface area contributed by atoms with E-state index >= 15 is 0 Å². The topological polar surface area (TPSA) is 204 Å². The Kier molecular flexibility index (Phi) is 11.5. The van der Waals surface area contributed by atoms with Gasteiger partial charge >= 0.3 is 11.9 Å². The molecule has 0 aliphatic rings. The molecule has 214 valence electrons. The van der Waals surface area contributed by atoms with Crippen LogP contribution in [0.5, 0.6) is 0 Å². The highest BCUT2D eigenvalue weighted by molar-refractivity contribution is 5.95. The molecule has 0 radical (unpaired) electrons. The van der Waals surface area contributed by atoms with E-state index in [1.807, 2.05) is 38.1 Å². The van der Waals surface area contributed by atoms with Crippen molar-refractivity contribution in [3.8, 4) is 0 Å². The van der Waals surface area contributed by atoms with Crippen LogP contribution in [-0.4, -0.2) is 69.0 Å². The molecule has 1 aromatic carbocycles. The highest BCUT2D eigenvalue weighted by atomic mass is 16.4. The summed E-state index contributed by atoms with van der Waals surface area (Å²) < 4.78 is 0. The van der Waals surface area contributed by atoms with Crippen molar-refractivity contribution >= 4 is 40.6 Å². The van der Waals surface area contributed by atoms with Crippen molar-refractivity contribution in [3.05, 3.63) is 36.0 Å². The van der Waals surface area contributed by atoms with E-state index in [0.717, 1.165) is 16.5 Å². The van der Waals surface area contributed by atoms with Crippen molar-refractivity contribution in [2.75, 3.05) is 0 Å². The second-order valence-corrected chi connectivity index (χ2v) is 10.4. The number of benzene rings is 1.